The fourth-order valence-corrected chi connectivity index (χ4v) is 6.89. The fraction of sp³-hybridized carbons (Fsp3) is 0.357. The summed E-state index contributed by atoms with van der Waals surface area (Å²) in [5.41, 5.74) is 9.62. The fourth-order valence-electron chi connectivity index (χ4n) is 5.46. The number of hydrogen-bond donors (Lipinski definition) is 2. The Morgan fingerprint density at radius 3 is 2.54 bits per heavy atom. The monoisotopic (exact) mass is 547 g/mol. The molecule has 2 aromatic carbocycles. The average Bonchev–Trinajstić information content (AvgIpc) is 3.68. The SMILES string of the molecule is Cc1cc(C=NNc2nc3ccccc3[nH]2)c(C)n1-c1cc(S(=O)(=O)N2CCOCC2)ccc1N1CCCC1. The number of sulfonamides is 1. The summed E-state index contributed by atoms with van der Waals surface area (Å²) >= 11 is 0. The standard InChI is InChI=1S/C28H33N7O3S/c1-20-17-22(19-29-32-28-30-24-7-3-4-8-25(24)31-28)21(2)35(20)27-18-23(9-10-26(27)33-11-5-6-12-33)39(36,37)34-13-15-38-16-14-34/h3-4,7-10,17-19H,5-6,11-16H2,1-2H3,(H2,30,31,32). The van der Waals surface area contributed by atoms with Crippen molar-refractivity contribution in [3.05, 3.63) is 65.5 Å². The number of aromatic nitrogens is 3. The second-order valence-corrected chi connectivity index (χ2v) is 11.9. The second kappa shape index (κ2) is 10.5. The van der Waals surface area contributed by atoms with Crippen LogP contribution in [0, 0.1) is 13.8 Å². The van der Waals surface area contributed by atoms with Crippen molar-refractivity contribution in [2.24, 2.45) is 5.10 Å². The van der Waals surface area contributed by atoms with Crippen molar-refractivity contribution in [2.75, 3.05) is 49.7 Å². The number of hydrazone groups is 1. The molecule has 0 atom stereocenters. The zero-order valence-electron chi connectivity index (χ0n) is 22.2. The molecule has 0 bridgehead atoms. The van der Waals surface area contributed by atoms with Crippen LogP contribution in [0.2, 0.25) is 0 Å². The molecule has 2 N–H and O–H groups in total. The van der Waals surface area contributed by atoms with Crippen LogP contribution in [0.5, 0.6) is 0 Å². The summed E-state index contributed by atoms with van der Waals surface area (Å²) in [6.07, 6.45) is 4.03. The molecule has 0 radical (unpaired) electrons. The molecule has 39 heavy (non-hydrogen) atoms. The van der Waals surface area contributed by atoms with Crippen LogP contribution in [-0.2, 0) is 14.8 Å². The van der Waals surface area contributed by atoms with Gasteiger partial charge in [-0.1, -0.05) is 12.1 Å². The zero-order valence-corrected chi connectivity index (χ0v) is 23.0. The number of nitrogens with zero attached hydrogens (tertiary/aromatic N) is 5. The quantitative estimate of drug-likeness (QED) is 0.267. The van der Waals surface area contributed by atoms with Crippen molar-refractivity contribution < 1.29 is 13.2 Å². The number of rotatable bonds is 7. The summed E-state index contributed by atoms with van der Waals surface area (Å²) in [5.74, 6) is 0.568. The molecule has 11 heteroatoms. The van der Waals surface area contributed by atoms with Gasteiger partial charge in [0.05, 0.1) is 46.7 Å². The van der Waals surface area contributed by atoms with E-state index in [0.717, 1.165) is 65.3 Å². The number of nitrogens with one attached hydrogen (secondary N) is 2. The number of H-pyrrole nitrogens is 1. The van der Waals surface area contributed by atoms with Gasteiger partial charge in [0.15, 0.2) is 0 Å². The molecule has 4 heterocycles. The minimum atomic E-state index is -3.63. The Labute approximate surface area is 228 Å². The van der Waals surface area contributed by atoms with E-state index < -0.39 is 10.0 Å². The summed E-state index contributed by atoms with van der Waals surface area (Å²) in [6.45, 7) is 7.55. The number of aryl methyl sites for hydroxylation is 1. The molecule has 0 unspecified atom stereocenters. The first kappa shape index (κ1) is 25.6. The molecule has 10 nitrogen and oxygen atoms in total. The average molecular weight is 548 g/mol. The lowest BCUT2D eigenvalue weighted by atomic mass is 10.2. The molecule has 2 aliphatic rings. The third kappa shape index (κ3) is 4.93. The second-order valence-electron chi connectivity index (χ2n) is 10.00. The van der Waals surface area contributed by atoms with Crippen molar-refractivity contribution in [1.29, 1.82) is 0 Å². The van der Waals surface area contributed by atoms with E-state index in [9.17, 15) is 8.42 Å². The maximum atomic E-state index is 13.5. The van der Waals surface area contributed by atoms with Gasteiger partial charge in [-0.05, 0) is 63.1 Å². The third-order valence-electron chi connectivity index (χ3n) is 7.48. The molecule has 2 aliphatic heterocycles. The predicted octanol–water partition coefficient (Wildman–Crippen LogP) is 4.04. The van der Waals surface area contributed by atoms with E-state index in [0.29, 0.717) is 37.1 Å². The van der Waals surface area contributed by atoms with Crippen LogP contribution in [0.25, 0.3) is 16.7 Å². The van der Waals surface area contributed by atoms with E-state index >= 15 is 0 Å². The zero-order chi connectivity index (χ0) is 27.0. The van der Waals surface area contributed by atoms with Crippen molar-refractivity contribution in [3.8, 4) is 5.69 Å². The van der Waals surface area contributed by atoms with Gasteiger partial charge in [0.2, 0.25) is 16.0 Å². The molecule has 0 amide bonds. The lowest BCUT2D eigenvalue weighted by Gasteiger charge is -2.28. The Morgan fingerprint density at radius 1 is 1.00 bits per heavy atom. The molecular formula is C28H33N7O3S. The Morgan fingerprint density at radius 2 is 1.77 bits per heavy atom. The molecule has 6 rings (SSSR count). The molecule has 2 fully saturated rings. The Hall–Kier alpha value is -3.67. The molecule has 2 aromatic heterocycles. The highest BCUT2D eigenvalue weighted by molar-refractivity contribution is 7.89. The molecular weight excluding hydrogens is 514 g/mol. The number of hydrogen-bond acceptors (Lipinski definition) is 7. The van der Waals surface area contributed by atoms with E-state index in [4.69, 9.17) is 4.74 Å². The lowest BCUT2D eigenvalue weighted by molar-refractivity contribution is 0.0730. The topological polar surface area (TPSA) is 108 Å². The highest BCUT2D eigenvalue weighted by atomic mass is 32.2. The van der Waals surface area contributed by atoms with Gasteiger partial charge in [-0.3, -0.25) is 0 Å². The molecule has 2 saturated heterocycles. The van der Waals surface area contributed by atoms with E-state index in [1.54, 1.807) is 12.3 Å². The van der Waals surface area contributed by atoms with E-state index in [1.165, 1.54) is 4.31 Å². The van der Waals surface area contributed by atoms with Gasteiger partial charge < -0.3 is 19.2 Å². The Bertz CT molecular complexity index is 1600. The maximum absolute atomic E-state index is 13.5. The van der Waals surface area contributed by atoms with Gasteiger partial charge in [0, 0.05) is 43.1 Å². The molecule has 4 aromatic rings. The van der Waals surface area contributed by atoms with Gasteiger partial charge in [0.1, 0.15) is 0 Å². The maximum Gasteiger partial charge on any atom is 0.243 e. The van der Waals surface area contributed by atoms with Crippen molar-refractivity contribution in [3.63, 3.8) is 0 Å². The number of fused-ring (bicyclic) bond motifs is 1. The van der Waals surface area contributed by atoms with Crippen molar-refractivity contribution >= 4 is 38.9 Å². The number of benzene rings is 2. The highest BCUT2D eigenvalue weighted by Gasteiger charge is 2.28. The summed E-state index contributed by atoms with van der Waals surface area (Å²) < 4.78 is 36.1. The van der Waals surface area contributed by atoms with Crippen molar-refractivity contribution in [1.82, 2.24) is 18.8 Å². The van der Waals surface area contributed by atoms with Crippen LogP contribution in [0.15, 0.2) is 58.5 Å². The van der Waals surface area contributed by atoms with Crippen molar-refractivity contribution in [2.45, 2.75) is 31.6 Å². The van der Waals surface area contributed by atoms with Crippen LogP contribution in [0.1, 0.15) is 29.8 Å². The lowest BCUT2D eigenvalue weighted by Crippen LogP contribution is -2.40. The van der Waals surface area contributed by atoms with Gasteiger partial charge >= 0.3 is 0 Å². The molecule has 204 valence electrons. The molecule has 0 spiro atoms. The van der Waals surface area contributed by atoms with Crippen LogP contribution in [0.4, 0.5) is 11.6 Å². The van der Waals surface area contributed by atoms with Crippen LogP contribution < -0.4 is 10.3 Å². The molecule has 0 aliphatic carbocycles. The number of para-hydroxylation sites is 2. The number of anilines is 2. The summed E-state index contributed by atoms with van der Waals surface area (Å²) in [5, 5.41) is 4.43. The van der Waals surface area contributed by atoms with E-state index in [1.807, 2.05) is 50.2 Å². The van der Waals surface area contributed by atoms with Gasteiger partial charge in [-0.2, -0.15) is 9.41 Å². The highest BCUT2D eigenvalue weighted by Crippen LogP contribution is 2.34. The number of ether oxygens (including phenoxy) is 1. The number of morpholine rings is 1. The van der Waals surface area contributed by atoms with E-state index in [-0.39, 0.29) is 0 Å². The Balaban J connectivity index is 1.35. The largest absolute Gasteiger partial charge is 0.379 e. The van der Waals surface area contributed by atoms with Crippen LogP contribution in [0.3, 0.4) is 0 Å². The number of imidazole rings is 1. The first-order valence-corrected chi connectivity index (χ1v) is 14.8. The smallest absolute Gasteiger partial charge is 0.243 e. The Kier molecular flexibility index (Phi) is 6.88. The first-order valence-electron chi connectivity index (χ1n) is 13.3. The minimum Gasteiger partial charge on any atom is -0.379 e. The normalized spacial score (nSPS) is 17.0. The van der Waals surface area contributed by atoms with E-state index in [2.05, 4.69) is 36.0 Å². The summed E-state index contributed by atoms with van der Waals surface area (Å²) in [6, 6.07) is 15.4. The third-order valence-corrected chi connectivity index (χ3v) is 9.37. The van der Waals surface area contributed by atoms with Gasteiger partial charge in [-0.25, -0.2) is 18.8 Å². The van der Waals surface area contributed by atoms with Gasteiger partial charge in [0.25, 0.3) is 0 Å². The molecule has 0 saturated carbocycles. The number of aromatic amines is 1. The van der Waals surface area contributed by atoms with Crippen LogP contribution in [-0.4, -0.2) is 72.9 Å². The predicted molar refractivity (Wildman–Crippen MR) is 154 cm³/mol. The summed E-state index contributed by atoms with van der Waals surface area (Å²) in [7, 11) is -3.63. The van der Waals surface area contributed by atoms with Crippen LogP contribution >= 0.6 is 0 Å². The minimum absolute atomic E-state index is 0.302. The van der Waals surface area contributed by atoms with Gasteiger partial charge in [-0.15, -0.1) is 0 Å². The first-order chi connectivity index (χ1) is 18.9. The summed E-state index contributed by atoms with van der Waals surface area (Å²) in [4.78, 5) is 10.4.